The molecule has 0 aliphatic rings. The van der Waals surface area contributed by atoms with Gasteiger partial charge in [0.1, 0.15) is 0 Å². The van der Waals surface area contributed by atoms with E-state index in [2.05, 4.69) is 10.9 Å². The van der Waals surface area contributed by atoms with Gasteiger partial charge in [0.05, 0.1) is 0 Å². The summed E-state index contributed by atoms with van der Waals surface area (Å²) in [5.74, 6) is -0.851. The molecular formula is C17H15ClN2O2. The lowest BCUT2D eigenvalue weighted by Crippen LogP contribution is -2.40. The molecule has 0 aromatic heterocycles. The number of carbonyl (C=O) groups is 2. The molecule has 22 heavy (non-hydrogen) atoms. The largest absolute Gasteiger partial charge is 0.269 e. The van der Waals surface area contributed by atoms with Crippen LogP contribution in [0.4, 0.5) is 0 Å². The molecule has 0 bridgehead atoms. The van der Waals surface area contributed by atoms with Gasteiger partial charge in [-0.15, -0.1) is 0 Å². The van der Waals surface area contributed by atoms with Crippen molar-refractivity contribution in [2.45, 2.75) is 6.92 Å². The summed E-state index contributed by atoms with van der Waals surface area (Å²) >= 11 is 5.80. The Labute approximate surface area is 133 Å². The molecule has 0 radical (unpaired) electrons. The SMILES string of the molecule is Cc1ccc(/C=C/C(=O)NNC(=O)c2cccc(Cl)c2)cc1. The van der Waals surface area contributed by atoms with Gasteiger partial charge >= 0.3 is 0 Å². The summed E-state index contributed by atoms with van der Waals surface area (Å²) in [5.41, 5.74) is 7.06. The number of carbonyl (C=O) groups excluding carboxylic acids is 2. The highest BCUT2D eigenvalue weighted by Crippen LogP contribution is 2.10. The van der Waals surface area contributed by atoms with Crippen LogP contribution in [-0.4, -0.2) is 11.8 Å². The van der Waals surface area contributed by atoms with E-state index in [1.807, 2.05) is 31.2 Å². The minimum absolute atomic E-state index is 0.371. The summed E-state index contributed by atoms with van der Waals surface area (Å²) in [6.07, 6.45) is 3.02. The first-order chi connectivity index (χ1) is 10.5. The van der Waals surface area contributed by atoms with Crippen LogP contribution in [-0.2, 0) is 4.79 Å². The first kappa shape index (κ1) is 15.8. The molecule has 2 rings (SSSR count). The van der Waals surface area contributed by atoms with Crippen LogP contribution in [0.3, 0.4) is 0 Å². The van der Waals surface area contributed by atoms with Gasteiger partial charge in [0.15, 0.2) is 0 Å². The van der Waals surface area contributed by atoms with Gasteiger partial charge < -0.3 is 0 Å². The quantitative estimate of drug-likeness (QED) is 0.675. The molecule has 0 spiro atoms. The van der Waals surface area contributed by atoms with E-state index in [9.17, 15) is 9.59 Å². The van der Waals surface area contributed by atoms with Crippen LogP contribution >= 0.6 is 11.6 Å². The molecular weight excluding hydrogens is 300 g/mol. The summed E-state index contributed by atoms with van der Waals surface area (Å²) in [6.45, 7) is 1.99. The maximum atomic E-state index is 11.8. The van der Waals surface area contributed by atoms with E-state index >= 15 is 0 Å². The second-order valence-electron chi connectivity index (χ2n) is 4.70. The summed E-state index contributed by atoms with van der Waals surface area (Å²) in [6, 6.07) is 14.2. The Hall–Kier alpha value is -2.59. The minimum Gasteiger partial charge on any atom is -0.268 e. The predicted octanol–water partition coefficient (Wildman–Crippen LogP) is 3.12. The maximum Gasteiger partial charge on any atom is 0.269 e. The molecule has 2 aromatic carbocycles. The normalized spacial score (nSPS) is 10.5. The molecule has 0 heterocycles. The van der Waals surface area contributed by atoms with Gasteiger partial charge in [0, 0.05) is 16.7 Å². The highest BCUT2D eigenvalue weighted by Gasteiger charge is 2.06. The van der Waals surface area contributed by atoms with Crippen molar-refractivity contribution in [2.24, 2.45) is 0 Å². The van der Waals surface area contributed by atoms with Gasteiger partial charge in [-0.05, 0) is 36.8 Å². The van der Waals surface area contributed by atoms with Crippen molar-refractivity contribution in [2.75, 3.05) is 0 Å². The molecule has 2 amide bonds. The highest BCUT2D eigenvalue weighted by atomic mass is 35.5. The topological polar surface area (TPSA) is 58.2 Å². The molecule has 2 N–H and O–H groups in total. The molecule has 0 aliphatic carbocycles. The fraction of sp³-hybridized carbons (Fsp3) is 0.0588. The van der Waals surface area contributed by atoms with Crippen LogP contribution < -0.4 is 10.9 Å². The summed E-state index contributed by atoms with van der Waals surface area (Å²) in [5, 5.41) is 0.457. The van der Waals surface area contributed by atoms with Gasteiger partial charge in [-0.2, -0.15) is 0 Å². The first-order valence-corrected chi connectivity index (χ1v) is 7.03. The number of hydrazine groups is 1. The van der Waals surface area contributed by atoms with Gasteiger partial charge in [-0.3, -0.25) is 20.4 Å². The van der Waals surface area contributed by atoms with Crippen molar-refractivity contribution >= 4 is 29.5 Å². The number of halogens is 1. The smallest absolute Gasteiger partial charge is 0.268 e. The molecule has 0 atom stereocenters. The standard InChI is InChI=1S/C17H15ClN2O2/c1-12-5-7-13(8-6-12)9-10-16(21)19-20-17(22)14-3-2-4-15(18)11-14/h2-11H,1H3,(H,19,21)(H,20,22)/b10-9+. The van der Waals surface area contributed by atoms with Gasteiger partial charge in [0.25, 0.3) is 11.8 Å². The lowest BCUT2D eigenvalue weighted by molar-refractivity contribution is -0.117. The molecule has 0 saturated heterocycles. The monoisotopic (exact) mass is 314 g/mol. The zero-order valence-corrected chi connectivity index (χ0v) is 12.7. The van der Waals surface area contributed by atoms with Crippen LogP contribution in [0.2, 0.25) is 5.02 Å². The first-order valence-electron chi connectivity index (χ1n) is 6.65. The van der Waals surface area contributed by atoms with Crippen molar-refractivity contribution in [3.63, 3.8) is 0 Å². The zero-order chi connectivity index (χ0) is 15.9. The predicted molar refractivity (Wildman–Crippen MR) is 87.3 cm³/mol. The Morgan fingerprint density at radius 3 is 2.45 bits per heavy atom. The van der Waals surface area contributed by atoms with E-state index in [4.69, 9.17) is 11.6 Å². The molecule has 0 saturated carbocycles. The highest BCUT2D eigenvalue weighted by molar-refractivity contribution is 6.30. The average molecular weight is 315 g/mol. The average Bonchev–Trinajstić information content (AvgIpc) is 2.52. The Bertz CT molecular complexity index is 709. The second kappa shape index (κ2) is 7.43. The van der Waals surface area contributed by atoms with E-state index in [-0.39, 0.29) is 0 Å². The Morgan fingerprint density at radius 1 is 1.05 bits per heavy atom. The summed E-state index contributed by atoms with van der Waals surface area (Å²) < 4.78 is 0. The fourth-order valence-electron chi connectivity index (χ4n) is 1.71. The number of benzene rings is 2. The van der Waals surface area contributed by atoms with Crippen molar-refractivity contribution in [3.05, 3.63) is 76.3 Å². The van der Waals surface area contributed by atoms with Gasteiger partial charge in [-0.25, -0.2) is 0 Å². The third-order valence-electron chi connectivity index (χ3n) is 2.89. The number of amides is 2. The lowest BCUT2D eigenvalue weighted by atomic mass is 10.1. The van der Waals surface area contributed by atoms with Crippen molar-refractivity contribution in [1.82, 2.24) is 10.9 Å². The van der Waals surface area contributed by atoms with Crippen LogP contribution in [0.5, 0.6) is 0 Å². The fourth-order valence-corrected chi connectivity index (χ4v) is 1.90. The second-order valence-corrected chi connectivity index (χ2v) is 5.13. The Morgan fingerprint density at radius 2 is 1.77 bits per heavy atom. The van der Waals surface area contributed by atoms with Crippen LogP contribution in [0, 0.1) is 6.92 Å². The van der Waals surface area contributed by atoms with Gasteiger partial charge in [0.2, 0.25) is 0 Å². The van der Waals surface area contributed by atoms with Crippen molar-refractivity contribution in [1.29, 1.82) is 0 Å². The number of hydrogen-bond acceptors (Lipinski definition) is 2. The molecule has 0 aliphatic heterocycles. The number of rotatable bonds is 3. The van der Waals surface area contributed by atoms with E-state index < -0.39 is 11.8 Å². The third kappa shape index (κ3) is 4.75. The lowest BCUT2D eigenvalue weighted by Gasteiger charge is -2.05. The molecule has 2 aromatic rings. The van der Waals surface area contributed by atoms with E-state index in [0.717, 1.165) is 11.1 Å². The van der Waals surface area contributed by atoms with Crippen molar-refractivity contribution < 1.29 is 9.59 Å². The summed E-state index contributed by atoms with van der Waals surface area (Å²) in [7, 11) is 0. The molecule has 4 nitrogen and oxygen atoms in total. The van der Waals surface area contributed by atoms with E-state index in [1.54, 1.807) is 24.3 Å². The molecule has 5 heteroatoms. The Kier molecular flexibility index (Phi) is 5.33. The van der Waals surface area contributed by atoms with E-state index in [1.165, 1.54) is 12.1 Å². The number of nitrogens with one attached hydrogen (secondary N) is 2. The number of aryl methyl sites for hydroxylation is 1. The van der Waals surface area contributed by atoms with Crippen LogP contribution in [0.25, 0.3) is 6.08 Å². The van der Waals surface area contributed by atoms with E-state index in [0.29, 0.717) is 10.6 Å². The molecule has 0 unspecified atom stereocenters. The van der Waals surface area contributed by atoms with Crippen LogP contribution in [0.15, 0.2) is 54.6 Å². The Balaban J connectivity index is 1.87. The van der Waals surface area contributed by atoms with Crippen LogP contribution in [0.1, 0.15) is 21.5 Å². The zero-order valence-electron chi connectivity index (χ0n) is 12.0. The molecule has 112 valence electrons. The molecule has 0 fully saturated rings. The summed E-state index contributed by atoms with van der Waals surface area (Å²) in [4.78, 5) is 23.5. The third-order valence-corrected chi connectivity index (χ3v) is 3.13. The van der Waals surface area contributed by atoms with Crippen molar-refractivity contribution in [3.8, 4) is 0 Å². The maximum absolute atomic E-state index is 11.8. The van der Waals surface area contributed by atoms with Gasteiger partial charge in [-0.1, -0.05) is 47.5 Å². The number of hydrogen-bond donors (Lipinski definition) is 2. The minimum atomic E-state index is -0.431.